The van der Waals surface area contributed by atoms with Gasteiger partial charge < -0.3 is 11.1 Å². The van der Waals surface area contributed by atoms with Crippen molar-refractivity contribution in [1.82, 2.24) is 0 Å². The normalized spacial score (nSPS) is 12.5. The fraction of sp³-hybridized carbons (Fsp3) is 0.0909. The molecule has 0 saturated heterocycles. The first-order valence-corrected chi connectivity index (χ1v) is 8.43. The van der Waals surface area contributed by atoms with Gasteiger partial charge in [-0.05, 0) is 43.2 Å². The Hall–Kier alpha value is -3.40. The van der Waals surface area contributed by atoms with Gasteiger partial charge in [-0.3, -0.25) is 9.59 Å². The van der Waals surface area contributed by atoms with Crippen LogP contribution < -0.4 is 11.1 Å². The summed E-state index contributed by atoms with van der Waals surface area (Å²) in [5.41, 5.74) is 11.6. The van der Waals surface area contributed by atoms with Crippen molar-refractivity contribution in [2.45, 2.75) is 13.8 Å². The van der Waals surface area contributed by atoms with Gasteiger partial charge in [0.25, 0.3) is 0 Å². The summed E-state index contributed by atoms with van der Waals surface area (Å²) in [7, 11) is 0. The molecular formula is C22H18N2O2. The van der Waals surface area contributed by atoms with Gasteiger partial charge in [0.2, 0.25) is 0 Å². The van der Waals surface area contributed by atoms with Crippen molar-refractivity contribution in [3.63, 3.8) is 0 Å². The summed E-state index contributed by atoms with van der Waals surface area (Å²) < 4.78 is 0. The molecule has 4 heteroatoms. The van der Waals surface area contributed by atoms with Gasteiger partial charge in [-0.1, -0.05) is 36.4 Å². The third-order valence-electron chi connectivity index (χ3n) is 4.98. The highest BCUT2D eigenvalue weighted by Crippen LogP contribution is 2.37. The molecule has 0 fully saturated rings. The summed E-state index contributed by atoms with van der Waals surface area (Å²) in [4.78, 5) is 26.1. The van der Waals surface area contributed by atoms with Crippen molar-refractivity contribution in [3.05, 3.63) is 88.0 Å². The zero-order valence-electron chi connectivity index (χ0n) is 14.6. The van der Waals surface area contributed by atoms with Crippen LogP contribution >= 0.6 is 0 Å². The van der Waals surface area contributed by atoms with E-state index in [0.29, 0.717) is 28.1 Å². The van der Waals surface area contributed by atoms with Crippen molar-refractivity contribution in [2.24, 2.45) is 0 Å². The molecule has 0 aromatic heterocycles. The van der Waals surface area contributed by atoms with Crippen molar-refractivity contribution in [2.75, 3.05) is 11.1 Å². The molecule has 4 nitrogen and oxygen atoms in total. The molecule has 1 aliphatic rings. The van der Waals surface area contributed by atoms with Crippen LogP contribution in [0.3, 0.4) is 0 Å². The number of hydrogen-bond donors (Lipinski definition) is 2. The number of benzene rings is 3. The van der Waals surface area contributed by atoms with Crippen LogP contribution in [0.15, 0.2) is 54.6 Å². The molecule has 0 radical (unpaired) electrons. The van der Waals surface area contributed by atoms with E-state index in [1.165, 1.54) is 0 Å². The molecule has 0 unspecified atom stereocenters. The van der Waals surface area contributed by atoms with Gasteiger partial charge in [-0.25, -0.2) is 0 Å². The number of nitrogens with one attached hydrogen (secondary N) is 1. The van der Waals surface area contributed by atoms with Crippen LogP contribution in [0.4, 0.5) is 17.1 Å². The highest BCUT2D eigenvalue weighted by atomic mass is 16.1. The van der Waals surface area contributed by atoms with E-state index in [-0.39, 0.29) is 17.1 Å². The number of ketones is 2. The summed E-state index contributed by atoms with van der Waals surface area (Å²) in [6.07, 6.45) is 0. The third kappa shape index (κ3) is 2.30. The molecule has 4 rings (SSSR count). The molecule has 0 saturated carbocycles. The summed E-state index contributed by atoms with van der Waals surface area (Å²) >= 11 is 0. The molecule has 3 aromatic carbocycles. The number of anilines is 3. The Morgan fingerprint density at radius 1 is 0.731 bits per heavy atom. The fourth-order valence-corrected chi connectivity index (χ4v) is 3.38. The second kappa shape index (κ2) is 5.85. The molecule has 3 N–H and O–H groups in total. The summed E-state index contributed by atoms with van der Waals surface area (Å²) in [5, 5.41) is 3.32. The number of nitrogen functional groups attached to an aromatic ring is 1. The van der Waals surface area contributed by atoms with E-state index in [4.69, 9.17) is 5.73 Å². The maximum Gasteiger partial charge on any atom is 0.196 e. The quantitative estimate of drug-likeness (QED) is 0.530. The van der Waals surface area contributed by atoms with Gasteiger partial charge in [-0.15, -0.1) is 0 Å². The van der Waals surface area contributed by atoms with Crippen molar-refractivity contribution in [3.8, 4) is 0 Å². The minimum Gasteiger partial charge on any atom is -0.398 e. The Balaban J connectivity index is 1.91. The predicted octanol–water partition coefficient (Wildman–Crippen LogP) is 4.40. The Bertz CT molecular complexity index is 1080. The molecule has 0 heterocycles. The van der Waals surface area contributed by atoms with E-state index in [1.807, 2.05) is 32.0 Å². The predicted molar refractivity (Wildman–Crippen MR) is 103 cm³/mol. The molecule has 26 heavy (non-hydrogen) atoms. The standard InChI is InChI=1S/C22H18N2O2/c1-12-6-5-9-17(13(12)2)24-18-11-10-16(23)19-20(18)22(26)15-8-4-3-7-14(15)21(19)25/h3-11,24H,23H2,1-2H3. The van der Waals surface area contributed by atoms with Crippen molar-refractivity contribution in [1.29, 1.82) is 0 Å². The Morgan fingerprint density at radius 2 is 1.38 bits per heavy atom. The first-order valence-electron chi connectivity index (χ1n) is 8.43. The first kappa shape index (κ1) is 16.1. The number of carbonyl (C=O) groups excluding carboxylic acids is 2. The van der Waals surface area contributed by atoms with E-state index >= 15 is 0 Å². The average molecular weight is 342 g/mol. The second-order valence-corrected chi connectivity index (χ2v) is 6.53. The lowest BCUT2D eigenvalue weighted by Crippen LogP contribution is -2.23. The van der Waals surface area contributed by atoms with Crippen LogP contribution in [0, 0.1) is 13.8 Å². The molecule has 0 aliphatic heterocycles. The third-order valence-corrected chi connectivity index (χ3v) is 4.98. The summed E-state index contributed by atoms with van der Waals surface area (Å²) in [6, 6.07) is 16.2. The van der Waals surface area contributed by atoms with Crippen LogP contribution in [0.5, 0.6) is 0 Å². The maximum absolute atomic E-state index is 13.1. The maximum atomic E-state index is 13.1. The van der Waals surface area contributed by atoms with E-state index < -0.39 is 0 Å². The van der Waals surface area contributed by atoms with Crippen LogP contribution in [0.2, 0.25) is 0 Å². The highest BCUT2D eigenvalue weighted by molar-refractivity contribution is 6.31. The molecule has 0 spiro atoms. The van der Waals surface area contributed by atoms with Crippen LogP contribution in [-0.2, 0) is 0 Å². The van der Waals surface area contributed by atoms with Gasteiger partial charge in [0.1, 0.15) is 0 Å². The van der Waals surface area contributed by atoms with E-state index in [1.54, 1.807) is 36.4 Å². The summed E-state index contributed by atoms with van der Waals surface area (Å²) in [5.74, 6) is -0.396. The smallest absolute Gasteiger partial charge is 0.196 e. The van der Waals surface area contributed by atoms with Crippen molar-refractivity contribution < 1.29 is 9.59 Å². The fourth-order valence-electron chi connectivity index (χ4n) is 3.38. The van der Waals surface area contributed by atoms with E-state index in [0.717, 1.165) is 16.8 Å². The van der Waals surface area contributed by atoms with E-state index in [2.05, 4.69) is 5.32 Å². The van der Waals surface area contributed by atoms with E-state index in [9.17, 15) is 9.59 Å². The number of rotatable bonds is 2. The molecular weight excluding hydrogens is 324 g/mol. The van der Waals surface area contributed by atoms with Gasteiger partial charge >= 0.3 is 0 Å². The Labute approximate surface area is 151 Å². The number of nitrogens with two attached hydrogens (primary N) is 1. The lowest BCUT2D eigenvalue weighted by atomic mass is 9.82. The molecule has 0 atom stereocenters. The lowest BCUT2D eigenvalue weighted by molar-refractivity contribution is 0.0980. The molecule has 1 aliphatic carbocycles. The highest BCUT2D eigenvalue weighted by Gasteiger charge is 2.33. The summed E-state index contributed by atoms with van der Waals surface area (Å²) in [6.45, 7) is 4.05. The van der Waals surface area contributed by atoms with Crippen LogP contribution in [0.1, 0.15) is 43.0 Å². The number of fused-ring (bicyclic) bond motifs is 2. The van der Waals surface area contributed by atoms with Gasteiger partial charge in [0.05, 0.1) is 16.8 Å². The zero-order valence-corrected chi connectivity index (χ0v) is 14.6. The van der Waals surface area contributed by atoms with Gasteiger partial charge in [0.15, 0.2) is 11.6 Å². The average Bonchev–Trinajstić information content (AvgIpc) is 2.64. The molecule has 128 valence electrons. The molecule has 3 aromatic rings. The minimum absolute atomic E-state index is 0.185. The Kier molecular flexibility index (Phi) is 3.62. The number of carbonyl (C=O) groups is 2. The van der Waals surface area contributed by atoms with Gasteiger partial charge in [0, 0.05) is 22.5 Å². The van der Waals surface area contributed by atoms with Crippen molar-refractivity contribution >= 4 is 28.6 Å². The van der Waals surface area contributed by atoms with Gasteiger partial charge in [-0.2, -0.15) is 0 Å². The number of hydrogen-bond acceptors (Lipinski definition) is 4. The SMILES string of the molecule is Cc1cccc(Nc2ccc(N)c3c2C(=O)c2ccccc2C3=O)c1C. The van der Waals surface area contributed by atoms with Crippen LogP contribution in [-0.4, -0.2) is 11.6 Å². The first-order chi connectivity index (χ1) is 12.5. The Morgan fingerprint density at radius 3 is 2.08 bits per heavy atom. The second-order valence-electron chi connectivity index (χ2n) is 6.53. The van der Waals surface area contributed by atoms with Crippen LogP contribution in [0.25, 0.3) is 0 Å². The molecule has 0 amide bonds. The lowest BCUT2D eigenvalue weighted by Gasteiger charge is -2.22. The largest absolute Gasteiger partial charge is 0.398 e. The monoisotopic (exact) mass is 342 g/mol. The molecule has 0 bridgehead atoms. The topological polar surface area (TPSA) is 72.2 Å². The zero-order chi connectivity index (χ0) is 18.4. The number of aryl methyl sites for hydroxylation is 1. The minimum atomic E-state index is -0.211.